The van der Waals surface area contributed by atoms with E-state index in [4.69, 9.17) is 4.74 Å². The lowest BCUT2D eigenvalue weighted by atomic mass is 10.2. The normalized spacial score (nSPS) is 10.9. The fourth-order valence-corrected chi connectivity index (χ4v) is 3.45. The van der Waals surface area contributed by atoms with Gasteiger partial charge in [0.1, 0.15) is 23.7 Å². The number of nitrogens with zero attached hydrogens (tertiary/aromatic N) is 3. The van der Waals surface area contributed by atoms with Crippen molar-refractivity contribution in [2.24, 2.45) is 0 Å². The van der Waals surface area contributed by atoms with Crippen molar-refractivity contribution in [3.05, 3.63) is 65.0 Å². The minimum absolute atomic E-state index is 0.214. The third-order valence-corrected chi connectivity index (χ3v) is 4.94. The van der Waals surface area contributed by atoms with Crippen LogP contribution in [-0.2, 0) is 6.61 Å². The number of benzene rings is 2. The second-order valence-electron chi connectivity index (χ2n) is 6.05. The second kappa shape index (κ2) is 7.16. The van der Waals surface area contributed by atoms with Crippen LogP contribution in [0.5, 0.6) is 5.75 Å². The third kappa shape index (κ3) is 3.80. The van der Waals surface area contributed by atoms with E-state index in [1.807, 2.05) is 19.1 Å². The molecule has 27 heavy (non-hydrogen) atoms. The maximum atomic E-state index is 12.4. The predicted molar refractivity (Wildman–Crippen MR) is 102 cm³/mol. The Balaban J connectivity index is 1.41. The summed E-state index contributed by atoms with van der Waals surface area (Å²) in [6.45, 7) is 4.08. The van der Waals surface area contributed by atoms with Crippen molar-refractivity contribution in [1.82, 2.24) is 15.3 Å². The van der Waals surface area contributed by atoms with Crippen LogP contribution in [0.3, 0.4) is 0 Å². The van der Waals surface area contributed by atoms with Crippen LogP contribution in [0, 0.1) is 13.8 Å². The summed E-state index contributed by atoms with van der Waals surface area (Å²) < 4.78 is 11.3. The summed E-state index contributed by atoms with van der Waals surface area (Å²) in [6.07, 6.45) is 0. The smallest absolute Gasteiger partial charge is 0.257 e. The molecule has 0 radical (unpaired) electrons. The summed E-state index contributed by atoms with van der Waals surface area (Å²) in [4.78, 5) is 16.9. The van der Waals surface area contributed by atoms with Crippen LogP contribution in [0.15, 0.2) is 47.1 Å². The molecule has 136 valence electrons. The standard InChI is InChI=1S/C19H16N4O3S/c1-11-3-8-15-17(9-11)27-19(20-15)21-18(24)13-4-6-14(7-5-13)25-10-16-12(2)22-26-23-16/h3-9H,10H2,1-2H3,(H,20,21,24). The highest BCUT2D eigenvalue weighted by Gasteiger charge is 2.11. The van der Waals surface area contributed by atoms with E-state index >= 15 is 0 Å². The summed E-state index contributed by atoms with van der Waals surface area (Å²) >= 11 is 1.46. The highest BCUT2D eigenvalue weighted by Crippen LogP contribution is 2.27. The van der Waals surface area contributed by atoms with E-state index in [2.05, 4.69) is 31.3 Å². The lowest BCUT2D eigenvalue weighted by Crippen LogP contribution is -2.11. The highest BCUT2D eigenvalue weighted by atomic mass is 32.1. The van der Waals surface area contributed by atoms with Crippen molar-refractivity contribution in [2.45, 2.75) is 20.5 Å². The van der Waals surface area contributed by atoms with Crippen molar-refractivity contribution >= 4 is 32.6 Å². The minimum atomic E-state index is -0.214. The Morgan fingerprint density at radius 3 is 2.70 bits per heavy atom. The number of aromatic nitrogens is 3. The zero-order valence-electron chi connectivity index (χ0n) is 14.7. The van der Waals surface area contributed by atoms with Gasteiger partial charge in [0.2, 0.25) is 0 Å². The number of carbonyl (C=O) groups is 1. The summed E-state index contributed by atoms with van der Waals surface area (Å²) in [5.74, 6) is 0.415. The number of carbonyl (C=O) groups excluding carboxylic acids is 1. The number of hydrogen-bond donors (Lipinski definition) is 1. The molecular formula is C19H16N4O3S. The number of anilines is 1. The van der Waals surface area contributed by atoms with Gasteiger partial charge in [0, 0.05) is 5.56 Å². The van der Waals surface area contributed by atoms with E-state index in [-0.39, 0.29) is 12.5 Å². The molecule has 0 atom stereocenters. The molecule has 1 N–H and O–H groups in total. The molecule has 0 unspecified atom stereocenters. The number of nitrogens with one attached hydrogen (secondary N) is 1. The monoisotopic (exact) mass is 380 g/mol. The average molecular weight is 380 g/mol. The maximum absolute atomic E-state index is 12.4. The molecule has 0 saturated carbocycles. The van der Waals surface area contributed by atoms with Crippen molar-refractivity contribution in [3.8, 4) is 5.75 Å². The van der Waals surface area contributed by atoms with Crippen LogP contribution in [0.4, 0.5) is 5.13 Å². The average Bonchev–Trinajstić information content (AvgIpc) is 3.25. The lowest BCUT2D eigenvalue weighted by Gasteiger charge is -2.06. The molecule has 0 aliphatic heterocycles. The van der Waals surface area contributed by atoms with E-state index in [0.717, 1.165) is 15.8 Å². The molecule has 1 amide bonds. The van der Waals surface area contributed by atoms with Crippen LogP contribution >= 0.6 is 11.3 Å². The van der Waals surface area contributed by atoms with Crippen LogP contribution in [0.1, 0.15) is 27.3 Å². The second-order valence-corrected chi connectivity index (χ2v) is 7.08. The van der Waals surface area contributed by atoms with E-state index in [0.29, 0.717) is 27.8 Å². The number of aryl methyl sites for hydroxylation is 2. The first-order chi connectivity index (χ1) is 13.1. The Labute approximate surface area is 159 Å². The van der Waals surface area contributed by atoms with Crippen LogP contribution < -0.4 is 10.1 Å². The van der Waals surface area contributed by atoms with Gasteiger partial charge in [0.15, 0.2) is 5.13 Å². The Morgan fingerprint density at radius 2 is 1.96 bits per heavy atom. The molecular weight excluding hydrogens is 364 g/mol. The minimum Gasteiger partial charge on any atom is -0.487 e. The van der Waals surface area contributed by atoms with Crippen LogP contribution in [-0.4, -0.2) is 21.2 Å². The van der Waals surface area contributed by atoms with Gasteiger partial charge in [-0.2, -0.15) is 0 Å². The maximum Gasteiger partial charge on any atom is 0.257 e. The molecule has 0 aliphatic carbocycles. The summed E-state index contributed by atoms with van der Waals surface area (Å²) in [6, 6.07) is 12.9. The zero-order valence-corrected chi connectivity index (χ0v) is 15.5. The quantitative estimate of drug-likeness (QED) is 0.560. The molecule has 2 aromatic heterocycles. The molecule has 0 spiro atoms. The van der Waals surface area contributed by atoms with Gasteiger partial charge in [-0.3, -0.25) is 10.1 Å². The summed E-state index contributed by atoms with van der Waals surface area (Å²) in [5.41, 5.74) is 3.90. The molecule has 7 nitrogen and oxygen atoms in total. The highest BCUT2D eigenvalue weighted by molar-refractivity contribution is 7.22. The number of ether oxygens (including phenoxy) is 1. The number of fused-ring (bicyclic) bond motifs is 1. The first-order valence-electron chi connectivity index (χ1n) is 8.28. The third-order valence-electron chi connectivity index (χ3n) is 4.00. The molecule has 0 fully saturated rings. The Bertz CT molecular complexity index is 1100. The molecule has 0 saturated heterocycles. The molecule has 2 aromatic carbocycles. The van der Waals surface area contributed by atoms with Gasteiger partial charge in [0.25, 0.3) is 5.91 Å². The van der Waals surface area contributed by atoms with Gasteiger partial charge in [-0.15, -0.1) is 0 Å². The first-order valence-corrected chi connectivity index (χ1v) is 9.09. The van der Waals surface area contributed by atoms with Gasteiger partial charge < -0.3 is 4.74 Å². The van der Waals surface area contributed by atoms with Crippen LogP contribution in [0.2, 0.25) is 0 Å². The van der Waals surface area contributed by atoms with Gasteiger partial charge >= 0.3 is 0 Å². The number of amides is 1. The molecule has 0 aliphatic rings. The zero-order chi connectivity index (χ0) is 18.8. The van der Waals surface area contributed by atoms with Crippen molar-refractivity contribution in [3.63, 3.8) is 0 Å². The van der Waals surface area contributed by atoms with E-state index in [9.17, 15) is 4.79 Å². The van der Waals surface area contributed by atoms with E-state index in [1.165, 1.54) is 11.3 Å². The molecule has 2 heterocycles. The Morgan fingerprint density at radius 1 is 1.15 bits per heavy atom. The van der Waals surface area contributed by atoms with E-state index in [1.54, 1.807) is 31.2 Å². The first kappa shape index (κ1) is 17.2. The van der Waals surface area contributed by atoms with E-state index < -0.39 is 0 Å². The molecule has 0 bridgehead atoms. The largest absolute Gasteiger partial charge is 0.487 e. The fraction of sp³-hybridized carbons (Fsp3) is 0.158. The van der Waals surface area contributed by atoms with Gasteiger partial charge in [-0.1, -0.05) is 27.7 Å². The molecule has 8 heteroatoms. The number of rotatable bonds is 5. The van der Waals surface area contributed by atoms with Crippen LogP contribution in [0.25, 0.3) is 10.2 Å². The molecule has 4 rings (SSSR count). The van der Waals surface area contributed by atoms with Gasteiger partial charge in [-0.05, 0) is 55.8 Å². The van der Waals surface area contributed by atoms with Crippen molar-refractivity contribution in [2.75, 3.05) is 5.32 Å². The summed E-state index contributed by atoms with van der Waals surface area (Å²) in [5, 5.41) is 10.9. The number of thiazole rings is 1. The Kier molecular flexibility index (Phi) is 4.55. The fourth-order valence-electron chi connectivity index (χ4n) is 2.49. The van der Waals surface area contributed by atoms with Crippen molar-refractivity contribution in [1.29, 1.82) is 0 Å². The summed E-state index contributed by atoms with van der Waals surface area (Å²) in [7, 11) is 0. The van der Waals surface area contributed by atoms with Gasteiger partial charge in [-0.25, -0.2) is 9.61 Å². The SMILES string of the molecule is Cc1ccc2nc(NC(=O)c3ccc(OCc4nonc4C)cc3)sc2c1. The number of hydrogen-bond acceptors (Lipinski definition) is 7. The van der Waals surface area contributed by atoms with Crippen molar-refractivity contribution < 1.29 is 14.2 Å². The Hall–Kier alpha value is -3.26. The molecule has 4 aromatic rings. The predicted octanol–water partition coefficient (Wildman–Crippen LogP) is 4.13. The topological polar surface area (TPSA) is 90.1 Å². The van der Waals surface area contributed by atoms with Gasteiger partial charge in [0.05, 0.1) is 10.2 Å². The lowest BCUT2D eigenvalue weighted by molar-refractivity contribution is 0.102.